The molecular formula is C9H21NO. The molecule has 2 unspecified atom stereocenters. The molecule has 2 nitrogen and oxygen atoms in total. The maximum absolute atomic E-state index is 5.70. The fourth-order valence-corrected chi connectivity index (χ4v) is 0.779. The number of hydrogen-bond acceptors (Lipinski definition) is 2. The van der Waals surface area contributed by atoms with Gasteiger partial charge in [0.15, 0.2) is 0 Å². The smallest absolute Gasteiger partial charge is 0.0469 e. The van der Waals surface area contributed by atoms with Crippen LogP contribution in [0.1, 0.15) is 33.6 Å². The van der Waals surface area contributed by atoms with Crippen LogP contribution in [0.4, 0.5) is 0 Å². The average molecular weight is 159 g/mol. The molecule has 0 aliphatic rings. The van der Waals surface area contributed by atoms with Crippen molar-refractivity contribution in [3.8, 4) is 0 Å². The molecule has 0 spiro atoms. The number of rotatable bonds is 6. The van der Waals surface area contributed by atoms with Gasteiger partial charge in [-0.3, -0.25) is 0 Å². The van der Waals surface area contributed by atoms with Crippen molar-refractivity contribution in [2.75, 3.05) is 13.2 Å². The molecule has 11 heavy (non-hydrogen) atoms. The van der Waals surface area contributed by atoms with Gasteiger partial charge in [0.2, 0.25) is 0 Å². The highest BCUT2D eigenvalue weighted by molar-refractivity contribution is 4.62. The highest BCUT2D eigenvalue weighted by Gasteiger charge is 2.05. The van der Waals surface area contributed by atoms with Crippen molar-refractivity contribution in [3.63, 3.8) is 0 Å². The molecule has 0 aromatic carbocycles. The molecule has 0 fully saturated rings. The van der Waals surface area contributed by atoms with Crippen molar-refractivity contribution in [1.29, 1.82) is 0 Å². The molecular weight excluding hydrogens is 138 g/mol. The fraction of sp³-hybridized carbons (Fsp3) is 1.00. The van der Waals surface area contributed by atoms with E-state index in [4.69, 9.17) is 10.5 Å². The summed E-state index contributed by atoms with van der Waals surface area (Å²) in [6.45, 7) is 8.07. The Morgan fingerprint density at radius 1 is 1.27 bits per heavy atom. The Kier molecular flexibility index (Phi) is 6.57. The number of nitrogens with two attached hydrogens (primary N) is 1. The lowest BCUT2D eigenvalue weighted by molar-refractivity contribution is 0.120. The van der Waals surface area contributed by atoms with Gasteiger partial charge in [0.25, 0.3) is 0 Å². The van der Waals surface area contributed by atoms with Gasteiger partial charge in [-0.15, -0.1) is 0 Å². The van der Waals surface area contributed by atoms with Crippen molar-refractivity contribution < 1.29 is 4.74 Å². The summed E-state index contributed by atoms with van der Waals surface area (Å²) in [5.41, 5.74) is 5.70. The lowest BCUT2D eigenvalue weighted by Crippen LogP contribution is -2.25. The third-order valence-electron chi connectivity index (χ3n) is 1.96. The first-order chi connectivity index (χ1) is 5.18. The van der Waals surface area contributed by atoms with E-state index in [9.17, 15) is 0 Å². The monoisotopic (exact) mass is 159 g/mol. The maximum Gasteiger partial charge on any atom is 0.0469 e. The van der Waals surface area contributed by atoms with Gasteiger partial charge >= 0.3 is 0 Å². The SMILES string of the molecule is CCCOCCC(C)C(C)N. The number of hydrogen-bond donors (Lipinski definition) is 1. The largest absolute Gasteiger partial charge is 0.381 e. The second-order valence-corrected chi connectivity index (χ2v) is 3.24. The Morgan fingerprint density at radius 3 is 2.36 bits per heavy atom. The van der Waals surface area contributed by atoms with Crippen LogP contribution in [0.3, 0.4) is 0 Å². The van der Waals surface area contributed by atoms with Crippen LogP contribution in [0.25, 0.3) is 0 Å². The van der Waals surface area contributed by atoms with Gasteiger partial charge < -0.3 is 10.5 Å². The first-order valence-corrected chi connectivity index (χ1v) is 4.51. The Hall–Kier alpha value is -0.0800. The summed E-state index contributed by atoms with van der Waals surface area (Å²) in [7, 11) is 0. The second kappa shape index (κ2) is 6.62. The predicted molar refractivity (Wildman–Crippen MR) is 48.5 cm³/mol. The summed E-state index contributed by atoms with van der Waals surface area (Å²) in [5, 5.41) is 0. The van der Waals surface area contributed by atoms with E-state index in [0.29, 0.717) is 12.0 Å². The van der Waals surface area contributed by atoms with Crippen LogP contribution in [-0.4, -0.2) is 19.3 Å². The minimum absolute atomic E-state index is 0.292. The maximum atomic E-state index is 5.70. The van der Waals surface area contributed by atoms with Crippen molar-refractivity contribution in [2.45, 2.75) is 39.7 Å². The van der Waals surface area contributed by atoms with E-state index in [1.54, 1.807) is 0 Å². The van der Waals surface area contributed by atoms with Crippen LogP contribution >= 0.6 is 0 Å². The molecule has 0 heterocycles. The van der Waals surface area contributed by atoms with E-state index < -0.39 is 0 Å². The van der Waals surface area contributed by atoms with Crippen LogP contribution < -0.4 is 5.73 Å². The van der Waals surface area contributed by atoms with Gasteiger partial charge in [-0.05, 0) is 25.7 Å². The van der Waals surface area contributed by atoms with E-state index in [2.05, 4.69) is 13.8 Å². The highest BCUT2D eigenvalue weighted by Crippen LogP contribution is 2.05. The quantitative estimate of drug-likeness (QED) is 0.600. The van der Waals surface area contributed by atoms with Crippen molar-refractivity contribution in [1.82, 2.24) is 0 Å². The van der Waals surface area contributed by atoms with E-state index in [-0.39, 0.29) is 0 Å². The lowest BCUT2D eigenvalue weighted by Gasteiger charge is -2.14. The fourth-order valence-electron chi connectivity index (χ4n) is 0.779. The Bertz CT molecular complexity index is 83.6. The van der Waals surface area contributed by atoms with Crippen LogP contribution in [0.2, 0.25) is 0 Å². The Balaban J connectivity index is 3.10. The minimum Gasteiger partial charge on any atom is -0.381 e. The van der Waals surface area contributed by atoms with Crippen LogP contribution in [0, 0.1) is 5.92 Å². The topological polar surface area (TPSA) is 35.2 Å². The second-order valence-electron chi connectivity index (χ2n) is 3.24. The summed E-state index contributed by atoms with van der Waals surface area (Å²) in [5.74, 6) is 0.576. The molecule has 2 atom stereocenters. The average Bonchev–Trinajstić information content (AvgIpc) is 1.97. The zero-order chi connectivity index (χ0) is 8.69. The molecule has 0 aliphatic carbocycles. The third-order valence-corrected chi connectivity index (χ3v) is 1.96. The van der Waals surface area contributed by atoms with Crippen molar-refractivity contribution in [2.24, 2.45) is 11.7 Å². The third kappa shape index (κ3) is 6.32. The molecule has 0 saturated heterocycles. The van der Waals surface area contributed by atoms with Gasteiger partial charge in [-0.25, -0.2) is 0 Å². The molecule has 0 saturated carbocycles. The van der Waals surface area contributed by atoms with E-state index >= 15 is 0 Å². The minimum atomic E-state index is 0.292. The zero-order valence-electron chi connectivity index (χ0n) is 7.97. The highest BCUT2D eigenvalue weighted by atomic mass is 16.5. The molecule has 0 aromatic heterocycles. The summed E-state index contributed by atoms with van der Waals surface area (Å²) in [4.78, 5) is 0. The molecule has 0 radical (unpaired) electrons. The Labute approximate surface area is 70.1 Å². The van der Waals surface area contributed by atoms with Gasteiger partial charge in [-0.2, -0.15) is 0 Å². The van der Waals surface area contributed by atoms with Gasteiger partial charge in [0.05, 0.1) is 0 Å². The van der Waals surface area contributed by atoms with E-state index in [1.165, 1.54) is 0 Å². The Morgan fingerprint density at radius 2 is 1.91 bits per heavy atom. The molecule has 2 N–H and O–H groups in total. The van der Waals surface area contributed by atoms with E-state index in [1.807, 2.05) is 6.92 Å². The van der Waals surface area contributed by atoms with Gasteiger partial charge in [-0.1, -0.05) is 13.8 Å². The number of ether oxygens (including phenoxy) is 1. The van der Waals surface area contributed by atoms with E-state index in [0.717, 1.165) is 26.1 Å². The molecule has 68 valence electrons. The molecule has 0 bridgehead atoms. The van der Waals surface area contributed by atoms with Crippen molar-refractivity contribution >= 4 is 0 Å². The lowest BCUT2D eigenvalue weighted by atomic mass is 10.0. The summed E-state index contributed by atoms with van der Waals surface area (Å²) >= 11 is 0. The van der Waals surface area contributed by atoms with Gasteiger partial charge in [0.1, 0.15) is 0 Å². The normalized spacial score (nSPS) is 16.4. The summed E-state index contributed by atoms with van der Waals surface area (Å²) < 4.78 is 5.35. The summed E-state index contributed by atoms with van der Waals surface area (Å²) in [6.07, 6.45) is 2.18. The zero-order valence-corrected chi connectivity index (χ0v) is 7.97. The standard InChI is InChI=1S/C9H21NO/c1-4-6-11-7-5-8(2)9(3)10/h8-9H,4-7,10H2,1-3H3. The molecule has 0 rings (SSSR count). The molecule has 0 aliphatic heterocycles. The van der Waals surface area contributed by atoms with Crippen LogP contribution in [0.5, 0.6) is 0 Å². The molecule has 0 aromatic rings. The van der Waals surface area contributed by atoms with Crippen LogP contribution in [-0.2, 0) is 4.74 Å². The summed E-state index contributed by atoms with van der Waals surface area (Å²) in [6, 6.07) is 0.292. The first kappa shape index (κ1) is 10.9. The molecule has 0 amide bonds. The predicted octanol–water partition coefficient (Wildman–Crippen LogP) is 1.79. The molecule has 2 heteroatoms. The van der Waals surface area contributed by atoms with Crippen LogP contribution in [0.15, 0.2) is 0 Å². The van der Waals surface area contributed by atoms with Gasteiger partial charge in [0, 0.05) is 19.3 Å². The van der Waals surface area contributed by atoms with Crippen molar-refractivity contribution in [3.05, 3.63) is 0 Å². The first-order valence-electron chi connectivity index (χ1n) is 4.51.